The molecule has 0 saturated carbocycles. The molecule has 2 N–H and O–H groups in total. The molecule has 0 unspecified atom stereocenters. The molecule has 2 rings (SSSR count). The molecule has 1 atom stereocenters. The SMILES string of the molecule is C[C@H](NC(=O)Nc1ccccc1)C(=O)OCC(=O)N1CCOCC1. The lowest BCUT2D eigenvalue weighted by Crippen LogP contribution is -2.45. The standard InChI is InChI=1S/C16H21N3O5/c1-12(17-16(22)18-13-5-3-2-4-6-13)15(21)24-11-14(20)19-7-9-23-10-8-19/h2-6,12H,7-11H2,1H3,(H2,17,18,22)/t12-/m0/s1. The van der Waals surface area contributed by atoms with E-state index in [-0.39, 0.29) is 12.5 Å². The molecule has 0 spiro atoms. The van der Waals surface area contributed by atoms with E-state index in [1.807, 2.05) is 6.07 Å². The van der Waals surface area contributed by atoms with Crippen LogP contribution in [-0.2, 0) is 19.1 Å². The largest absolute Gasteiger partial charge is 0.454 e. The zero-order valence-corrected chi connectivity index (χ0v) is 13.5. The van der Waals surface area contributed by atoms with Crippen LogP contribution in [0.1, 0.15) is 6.92 Å². The van der Waals surface area contributed by atoms with Gasteiger partial charge in [-0.05, 0) is 19.1 Å². The summed E-state index contributed by atoms with van der Waals surface area (Å²) >= 11 is 0. The number of rotatable bonds is 5. The molecule has 8 nitrogen and oxygen atoms in total. The molecule has 1 aliphatic heterocycles. The normalized spacial score (nSPS) is 15.3. The van der Waals surface area contributed by atoms with Crippen molar-refractivity contribution in [2.75, 3.05) is 38.2 Å². The average molecular weight is 335 g/mol. The van der Waals surface area contributed by atoms with Gasteiger partial charge >= 0.3 is 12.0 Å². The number of hydrogen-bond donors (Lipinski definition) is 2. The summed E-state index contributed by atoms with van der Waals surface area (Å²) in [6.45, 7) is 3.10. The van der Waals surface area contributed by atoms with Crippen LogP contribution in [0.2, 0.25) is 0 Å². The maximum atomic E-state index is 11.9. The van der Waals surface area contributed by atoms with Gasteiger partial charge in [0.1, 0.15) is 6.04 Å². The number of nitrogens with one attached hydrogen (secondary N) is 2. The van der Waals surface area contributed by atoms with Crippen LogP contribution in [0.15, 0.2) is 30.3 Å². The highest BCUT2D eigenvalue weighted by Crippen LogP contribution is 2.04. The number of benzene rings is 1. The number of hydrogen-bond acceptors (Lipinski definition) is 5. The Morgan fingerprint density at radius 2 is 1.88 bits per heavy atom. The van der Waals surface area contributed by atoms with Gasteiger partial charge in [-0.15, -0.1) is 0 Å². The molecule has 130 valence electrons. The lowest BCUT2D eigenvalue weighted by atomic mass is 10.3. The summed E-state index contributed by atoms with van der Waals surface area (Å²) in [4.78, 5) is 37.1. The van der Waals surface area contributed by atoms with Gasteiger partial charge in [-0.1, -0.05) is 18.2 Å². The first-order valence-electron chi connectivity index (χ1n) is 7.71. The second kappa shape index (κ2) is 8.88. The highest BCUT2D eigenvalue weighted by Gasteiger charge is 2.21. The highest BCUT2D eigenvalue weighted by atomic mass is 16.5. The molecule has 1 aromatic carbocycles. The van der Waals surface area contributed by atoms with Crippen molar-refractivity contribution in [1.29, 1.82) is 0 Å². The van der Waals surface area contributed by atoms with Gasteiger partial charge in [0.25, 0.3) is 5.91 Å². The maximum Gasteiger partial charge on any atom is 0.328 e. The molecule has 1 heterocycles. The first kappa shape index (κ1) is 17.7. The molecule has 0 aliphatic carbocycles. The van der Waals surface area contributed by atoms with Crippen LogP contribution in [0.3, 0.4) is 0 Å². The van der Waals surface area contributed by atoms with E-state index in [0.717, 1.165) is 0 Å². The van der Waals surface area contributed by atoms with Crippen LogP contribution in [0.4, 0.5) is 10.5 Å². The van der Waals surface area contributed by atoms with Crippen LogP contribution in [0, 0.1) is 0 Å². The van der Waals surface area contributed by atoms with E-state index >= 15 is 0 Å². The third-order valence-electron chi connectivity index (χ3n) is 3.43. The Bertz CT molecular complexity index is 572. The van der Waals surface area contributed by atoms with Crippen LogP contribution in [0.5, 0.6) is 0 Å². The second-order valence-corrected chi connectivity index (χ2v) is 5.29. The smallest absolute Gasteiger partial charge is 0.328 e. The van der Waals surface area contributed by atoms with E-state index in [1.165, 1.54) is 6.92 Å². The van der Waals surface area contributed by atoms with Gasteiger partial charge in [0, 0.05) is 18.8 Å². The summed E-state index contributed by atoms with van der Waals surface area (Å²) in [6.07, 6.45) is 0. The van der Waals surface area contributed by atoms with Crippen LogP contribution < -0.4 is 10.6 Å². The van der Waals surface area contributed by atoms with Gasteiger partial charge in [-0.2, -0.15) is 0 Å². The fourth-order valence-corrected chi connectivity index (χ4v) is 2.11. The number of para-hydroxylation sites is 1. The molecule has 24 heavy (non-hydrogen) atoms. The minimum Gasteiger partial charge on any atom is -0.454 e. The Labute approximate surface area is 140 Å². The predicted molar refractivity (Wildman–Crippen MR) is 86.4 cm³/mol. The van der Waals surface area contributed by atoms with Crippen LogP contribution in [0.25, 0.3) is 0 Å². The first-order chi connectivity index (χ1) is 11.6. The number of carbonyl (C=O) groups is 3. The second-order valence-electron chi connectivity index (χ2n) is 5.29. The van der Waals surface area contributed by atoms with E-state index in [0.29, 0.717) is 32.0 Å². The molecule has 1 aliphatic rings. The Morgan fingerprint density at radius 1 is 1.21 bits per heavy atom. The summed E-state index contributed by atoms with van der Waals surface area (Å²) in [5.74, 6) is -0.938. The van der Waals surface area contributed by atoms with Gasteiger partial charge in [0.05, 0.1) is 13.2 Å². The topological polar surface area (TPSA) is 97.0 Å². The van der Waals surface area contributed by atoms with E-state index in [2.05, 4.69) is 10.6 Å². The summed E-state index contributed by atoms with van der Waals surface area (Å²) in [6, 6.07) is 7.45. The monoisotopic (exact) mass is 335 g/mol. The number of morpholine rings is 1. The Morgan fingerprint density at radius 3 is 2.54 bits per heavy atom. The quantitative estimate of drug-likeness (QED) is 0.768. The van der Waals surface area contributed by atoms with Crippen molar-refractivity contribution in [3.63, 3.8) is 0 Å². The van der Waals surface area contributed by atoms with Crippen LogP contribution >= 0.6 is 0 Å². The summed E-state index contributed by atoms with van der Waals surface area (Å²) < 4.78 is 10.1. The molecule has 8 heteroatoms. The van der Waals surface area contributed by atoms with E-state index in [1.54, 1.807) is 29.2 Å². The summed E-state index contributed by atoms with van der Waals surface area (Å²) in [5.41, 5.74) is 0.609. The molecule has 1 aromatic rings. The van der Waals surface area contributed by atoms with E-state index < -0.39 is 18.0 Å². The van der Waals surface area contributed by atoms with Gasteiger partial charge in [-0.25, -0.2) is 9.59 Å². The van der Waals surface area contributed by atoms with Crippen molar-refractivity contribution in [2.45, 2.75) is 13.0 Å². The van der Waals surface area contributed by atoms with Crippen molar-refractivity contribution in [1.82, 2.24) is 10.2 Å². The lowest BCUT2D eigenvalue weighted by Gasteiger charge is -2.26. The lowest BCUT2D eigenvalue weighted by molar-refractivity contribution is -0.154. The van der Waals surface area contributed by atoms with Gasteiger partial charge in [-0.3, -0.25) is 4.79 Å². The zero-order chi connectivity index (χ0) is 17.4. The van der Waals surface area contributed by atoms with Gasteiger partial charge < -0.3 is 25.0 Å². The van der Waals surface area contributed by atoms with Crippen molar-refractivity contribution in [3.8, 4) is 0 Å². The summed E-state index contributed by atoms with van der Waals surface area (Å²) in [7, 11) is 0. The molecule has 0 bridgehead atoms. The highest BCUT2D eigenvalue weighted by molar-refractivity contribution is 5.92. The molecule has 3 amide bonds. The number of anilines is 1. The van der Waals surface area contributed by atoms with Gasteiger partial charge in [0.15, 0.2) is 6.61 Å². The number of nitrogens with zero attached hydrogens (tertiary/aromatic N) is 1. The Kier molecular flexibility index (Phi) is 6.56. The predicted octanol–water partition coefficient (Wildman–Crippen LogP) is 0.599. The molecule has 1 saturated heterocycles. The van der Waals surface area contributed by atoms with E-state index in [4.69, 9.17) is 9.47 Å². The fourth-order valence-electron chi connectivity index (χ4n) is 2.11. The number of esters is 1. The minimum atomic E-state index is -0.869. The Balaban J connectivity index is 1.71. The number of carbonyl (C=O) groups excluding carboxylic acids is 3. The Hall–Kier alpha value is -2.61. The molecule has 0 radical (unpaired) electrons. The van der Waals surface area contributed by atoms with Crippen molar-refractivity contribution < 1.29 is 23.9 Å². The van der Waals surface area contributed by atoms with Gasteiger partial charge in [0.2, 0.25) is 0 Å². The maximum absolute atomic E-state index is 11.9. The first-order valence-corrected chi connectivity index (χ1v) is 7.71. The molecular weight excluding hydrogens is 314 g/mol. The van der Waals surface area contributed by atoms with Crippen molar-refractivity contribution in [2.24, 2.45) is 0 Å². The van der Waals surface area contributed by atoms with E-state index in [9.17, 15) is 14.4 Å². The molecular formula is C16H21N3O5. The molecule has 1 fully saturated rings. The van der Waals surface area contributed by atoms with Crippen molar-refractivity contribution >= 4 is 23.6 Å². The molecule has 0 aromatic heterocycles. The third-order valence-corrected chi connectivity index (χ3v) is 3.43. The number of urea groups is 1. The third kappa shape index (κ3) is 5.54. The number of ether oxygens (including phenoxy) is 2. The minimum absolute atomic E-state index is 0.271. The fraction of sp³-hybridized carbons (Fsp3) is 0.438. The zero-order valence-electron chi connectivity index (χ0n) is 13.5. The average Bonchev–Trinajstić information content (AvgIpc) is 2.60. The van der Waals surface area contributed by atoms with Crippen molar-refractivity contribution in [3.05, 3.63) is 30.3 Å². The summed E-state index contributed by atoms with van der Waals surface area (Å²) in [5, 5.41) is 5.06. The van der Waals surface area contributed by atoms with Crippen LogP contribution in [-0.4, -0.2) is 61.8 Å². The number of amides is 3.